The third kappa shape index (κ3) is 17.3. The highest BCUT2D eigenvalue weighted by Gasteiger charge is 2.33. The van der Waals surface area contributed by atoms with E-state index in [1.807, 2.05) is 55.4 Å². The van der Waals surface area contributed by atoms with Gasteiger partial charge in [-0.15, -0.1) is 0 Å². The van der Waals surface area contributed by atoms with E-state index in [1.54, 1.807) is 48.5 Å². The van der Waals surface area contributed by atoms with Crippen LogP contribution in [0.1, 0.15) is 44.5 Å². The van der Waals surface area contributed by atoms with Crippen molar-refractivity contribution in [1.29, 1.82) is 0 Å². The lowest BCUT2D eigenvalue weighted by molar-refractivity contribution is -0.0802. The Morgan fingerprint density at radius 2 is 0.435 bits per heavy atom. The van der Waals surface area contributed by atoms with Crippen LogP contribution in [0.25, 0.3) is 90.2 Å². The van der Waals surface area contributed by atoms with Gasteiger partial charge in [-0.25, -0.2) is 39.1 Å². The fraction of sp³-hybridized carbons (Fsp3) is 0.412. The molecule has 0 radical (unpaired) electrons. The molecule has 8 aliphatic heterocycles. The maximum absolute atomic E-state index is 12.2. The molecule has 0 aromatic heterocycles. The van der Waals surface area contributed by atoms with E-state index in [1.165, 1.54) is 18.3 Å². The first kappa shape index (κ1) is 81.4. The SMILES string of the molecule is Cc1cc2nc3c(=O)[nH]c(=O)nc-3n(C[C@H](O)[C@H](O)[C@H](O)CO)c2cc1C.Cc1cc2nc3c(=O)[nH]c(=O)nc-3n(C[C@H](O)[C@H](O)[C@H](O)CO)c2cc1C.Cc1cc2nc3c(=O)[nH]c(=O)nc-3n(C[C@H](O)[C@H](O)[C@H](O)CO)c2cc1C.Cc1cc2nc3c(=O)[nH]c(=O)nc-3n(C[C@H](O)[C@H](O)[C@H](O)CO)c2cc1C. The third-order valence-corrected chi connectivity index (χ3v) is 18.3. The van der Waals surface area contributed by atoms with Gasteiger partial charge in [0.15, 0.2) is 46.1 Å². The molecule has 0 saturated heterocycles. The molecule has 0 amide bonds. The number of rotatable bonds is 20. The molecule has 0 spiro atoms. The fourth-order valence-electron chi connectivity index (χ4n) is 11.6. The van der Waals surface area contributed by atoms with Crippen molar-refractivity contribution >= 4 is 44.1 Å². The molecule has 4 aromatic carbocycles. The summed E-state index contributed by atoms with van der Waals surface area (Å²) in [6.45, 7) is 10.9. The van der Waals surface area contributed by atoms with E-state index in [-0.39, 0.29) is 72.3 Å². The van der Waals surface area contributed by atoms with Crippen molar-refractivity contribution in [3.05, 3.63) is 176 Å². The number of nitrogens with zero attached hydrogens (tertiary/aromatic N) is 12. The van der Waals surface area contributed by atoms with Gasteiger partial charge in [0.1, 0.15) is 73.2 Å². The number of fused-ring (bicyclic) bond motifs is 8. The first-order chi connectivity index (χ1) is 50.9. The molecule has 0 saturated carbocycles. The zero-order valence-electron chi connectivity index (χ0n) is 59.0. The van der Waals surface area contributed by atoms with E-state index in [2.05, 4.69) is 59.8 Å². The quantitative estimate of drug-likeness (QED) is 0.0315. The lowest BCUT2D eigenvalue weighted by Crippen LogP contribution is -2.42. The van der Waals surface area contributed by atoms with E-state index in [0.717, 1.165) is 44.5 Å². The number of aromatic amines is 4. The summed E-state index contributed by atoms with van der Waals surface area (Å²) in [5.41, 5.74) is 4.45. The Morgan fingerprint density at radius 1 is 0.269 bits per heavy atom. The van der Waals surface area contributed by atoms with Crippen molar-refractivity contribution in [3.63, 3.8) is 0 Å². The Balaban J connectivity index is 0.000000166. The average Bonchev–Trinajstić information content (AvgIpc) is 0.773. The molecule has 8 aliphatic rings. The minimum Gasteiger partial charge on any atom is -0.394 e. The number of aryl methyl sites for hydroxylation is 8. The lowest BCUT2D eigenvalue weighted by Gasteiger charge is -2.25. The molecule has 108 heavy (non-hydrogen) atoms. The van der Waals surface area contributed by atoms with Crippen LogP contribution in [0.2, 0.25) is 0 Å². The second-order valence-corrected chi connectivity index (χ2v) is 26.0. The number of nitrogens with one attached hydrogen (secondary N) is 4. The van der Waals surface area contributed by atoms with Crippen molar-refractivity contribution in [2.75, 3.05) is 26.4 Å². The van der Waals surface area contributed by atoms with Gasteiger partial charge in [0.05, 0.1) is 96.7 Å². The zero-order valence-corrected chi connectivity index (χ0v) is 59.0. The van der Waals surface area contributed by atoms with Gasteiger partial charge in [-0.1, -0.05) is 0 Å². The Morgan fingerprint density at radius 3 is 0.602 bits per heavy atom. The molecule has 576 valence electrons. The van der Waals surface area contributed by atoms with Crippen LogP contribution in [-0.4, -0.2) is 259 Å². The first-order valence-corrected chi connectivity index (χ1v) is 33.2. The zero-order chi connectivity index (χ0) is 79.5. The number of H-pyrrole nitrogens is 4. The Bertz CT molecular complexity index is 4990. The third-order valence-electron chi connectivity index (χ3n) is 18.3. The summed E-state index contributed by atoms with van der Waals surface area (Å²) in [5.74, 6) is -0.207. The van der Waals surface area contributed by atoms with Crippen molar-refractivity contribution in [1.82, 2.24) is 78.1 Å². The van der Waals surface area contributed by atoms with Crippen molar-refractivity contribution < 1.29 is 81.7 Å². The molecule has 8 heterocycles. The monoisotopic (exact) mass is 1500 g/mol. The van der Waals surface area contributed by atoms with Crippen LogP contribution in [0.4, 0.5) is 0 Å². The normalized spacial score (nSPS) is 15.2. The van der Waals surface area contributed by atoms with E-state index >= 15 is 0 Å². The molecule has 12 atom stereocenters. The molecule has 0 aliphatic carbocycles. The fourth-order valence-corrected chi connectivity index (χ4v) is 11.6. The summed E-state index contributed by atoms with van der Waals surface area (Å²) in [5, 5.41) is 155. The predicted octanol–water partition coefficient (Wildman–Crippen LogP) is -6.89. The first-order valence-electron chi connectivity index (χ1n) is 33.2. The maximum Gasteiger partial charge on any atom is 0.349 e. The van der Waals surface area contributed by atoms with Gasteiger partial charge in [-0.2, -0.15) is 19.9 Å². The Kier molecular flexibility index (Phi) is 25.4. The van der Waals surface area contributed by atoms with Gasteiger partial charge < -0.3 is 100.0 Å². The van der Waals surface area contributed by atoms with Gasteiger partial charge in [-0.05, 0) is 148 Å². The highest BCUT2D eigenvalue weighted by atomic mass is 16.4. The number of hydrogen-bond acceptors (Lipinski definition) is 32. The van der Waals surface area contributed by atoms with Gasteiger partial charge in [-0.3, -0.25) is 39.1 Å². The van der Waals surface area contributed by atoms with Crippen LogP contribution < -0.4 is 45.0 Å². The highest BCUT2D eigenvalue weighted by Crippen LogP contribution is 2.30. The summed E-state index contributed by atoms with van der Waals surface area (Å²) in [7, 11) is 0. The number of aliphatic hydroxyl groups is 16. The Hall–Kier alpha value is -10.6. The van der Waals surface area contributed by atoms with Gasteiger partial charge in [0, 0.05) is 0 Å². The number of hydrogen-bond donors (Lipinski definition) is 20. The van der Waals surface area contributed by atoms with Gasteiger partial charge in [0.2, 0.25) is 0 Å². The van der Waals surface area contributed by atoms with Crippen molar-refractivity contribution in [2.24, 2.45) is 0 Å². The number of benzene rings is 4. The number of aliphatic hydroxyl groups excluding tert-OH is 16. The summed E-state index contributed by atoms with van der Waals surface area (Å²) < 4.78 is 5.61. The predicted molar refractivity (Wildman–Crippen MR) is 382 cm³/mol. The standard InChI is InChI=1S/4C17H20N4O6/c4*1-7-3-9-10(4-8(7)2)21(5-11(23)14(25)12(24)6-22)15-13(18-9)16(26)20-17(27)19-15/h4*3-4,11-12,14,22-25H,5-6H2,1-2H3,(H,20,26,27)/t4*11-,12+,14-/m0000/s1. The Labute approximate surface area is 605 Å². The van der Waals surface area contributed by atoms with Crippen LogP contribution in [0.5, 0.6) is 0 Å². The molecule has 40 nitrogen and oxygen atoms in total. The minimum absolute atomic E-state index is 0.0516. The largest absolute Gasteiger partial charge is 0.394 e. The molecular weight excluding hydrogens is 1420 g/mol. The second kappa shape index (κ2) is 33.7. The molecule has 12 rings (SSSR count). The molecular formula is C68H80N16O24. The van der Waals surface area contributed by atoms with E-state index in [4.69, 9.17) is 20.4 Å². The van der Waals surface area contributed by atoms with Crippen molar-refractivity contribution in [2.45, 2.75) is 155 Å². The topological polar surface area (TPSA) is 646 Å². The smallest absolute Gasteiger partial charge is 0.349 e. The summed E-state index contributed by atoms with van der Waals surface area (Å²) in [6.07, 6.45) is -18.7. The van der Waals surface area contributed by atoms with E-state index in [9.17, 15) is 99.6 Å². The molecule has 4 aromatic rings. The van der Waals surface area contributed by atoms with E-state index in [0.29, 0.717) is 44.1 Å². The van der Waals surface area contributed by atoms with Crippen LogP contribution in [0.15, 0.2) is 86.9 Å². The average molecular weight is 1510 g/mol. The molecule has 40 heteroatoms. The molecule has 20 N–H and O–H groups in total. The minimum atomic E-state index is -1.64. The summed E-state index contributed by atoms with van der Waals surface area (Å²) in [4.78, 5) is 136. The van der Waals surface area contributed by atoms with Crippen LogP contribution >= 0.6 is 0 Å². The molecule has 0 bridgehead atoms. The maximum atomic E-state index is 12.2. The highest BCUT2D eigenvalue weighted by molar-refractivity contribution is 5.84. The van der Waals surface area contributed by atoms with Gasteiger partial charge in [0.25, 0.3) is 22.2 Å². The van der Waals surface area contributed by atoms with Crippen LogP contribution in [0, 0.1) is 55.4 Å². The summed E-state index contributed by atoms with van der Waals surface area (Å²) in [6, 6.07) is 14.1. The van der Waals surface area contributed by atoms with Crippen LogP contribution in [-0.2, 0) is 26.2 Å². The number of aromatic nitrogens is 16. The van der Waals surface area contributed by atoms with E-state index < -0.39 is 145 Å². The van der Waals surface area contributed by atoms with Crippen LogP contribution in [0.3, 0.4) is 0 Å². The molecule has 0 unspecified atom stereocenters. The molecule has 0 fully saturated rings. The van der Waals surface area contributed by atoms with Crippen molar-refractivity contribution in [3.8, 4) is 46.1 Å². The lowest BCUT2D eigenvalue weighted by atomic mass is 10.1. The second-order valence-electron chi connectivity index (χ2n) is 26.0. The van der Waals surface area contributed by atoms with Gasteiger partial charge >= 0.3 is 22.8 Å². The summed E-state index contributed by atoms with van der Waals surface area (Å²) >= 11 is 0.